The second-order valence-corrected chi connectivity index (χ2v) is 5.96. The largest absolute Gasteiger partial charge is 0.357 e. The third-order valence-corrected chi connectivity index (χ3v) is 3.75. The molecule has 5 nitrogen and oxygen atoms in total. The Morgan fingerprint density at radius 2 is 2.25 bits per heavy atom. The zero-order chi connectivity index (χ0) is 14.4. The van der Waals surface area contributed by atoms with Crippen molar-refractivity contribution < 1.29 is 0 Å². The third kappa shape index (κ3) is 4.38. The third-order valence-electron chi connectivity index (χ3n) is 2.75. The monoisotopic (exact) mass is 291 g/mol. The average molecular weight is 291 g/mol. The van der Waals surface area contributed by atoms with E-state index < -0.39 is 0 Å². The van der Waals surface area contributed by atoms with Crippen LogP contribution in [0, 0.1) is 6.92 Å². The lowest BCUT2D eigenvalue weighted by atomic mass is 10.4. The smallest absolute Gasteiger partial charge is 0.191 e. The van der Waals surface area contributed by atoms with Gasteiger partial charge in [0, 0.05) is 35.1 Å². The van der Waals surface area contributed by atoms with Crippen LogP contribution in [0.2, 0.25) is 0 Å². The Bertz CT molecular complexity index is 570. The minimum Gasteiger partial charge on any atom is -0.357 e. The Morgan fingerprint density at radius 3 is 2.85 bits per heavy atom. The van der Waals surface area contributed by atoms with Gasteiger partial charge in [-0.15, -0.1) is 11.3 Å². The summed E-state index contributed by atoms with van der Waals surface area (Å²) in [6, 6.07) is 4.29. The van der Waals surface area contributed by atoms with E-state index in [1.165, 1.54) is 9.75 Å². The van der Waals surface area contributed by atoms with Crippen LogP contribution in [0.3, 0.4) is 0 Å². The second kappa shape index (κ2) is 7.09. The van der Waals surface area contributed by atoms with E-state index in [-0.39, 0.29) is 0 Å². The van der Waals surface area contributed by atoms with Gasteiger partial charge >= 0.3 is 0 Å². The van der Waals surface area contributed by atoms with Crippen LogP contribution >= 0.6 is 11.3 Å². The molecule has 6 heteroatoms. The van der Waals surface area contributed by atoms with Crippen molar-refractivity contribution in [3.05, 3.63) is 39.8 Å². The van der Waals surface area contributed by atoms with Gasteiger partial charge in [-0.1, -0.05) is 0 Å². The molecular formula is C14H21N5S. The summed E-state index contributed by atoms with van der Waals surface area (Å²) in [5, 5.41) is 10.7. The lowest BCUT2D eigenvalue weighted by Gasteiger charge is -2.10. The molecule has 108 valence electrons. The van der Waals surface area contributed by atoms with Crippen molar-refractivity contribution in [2.75, 3.05) is 6.54 Å². The van der Waals surface area contributed by atoms with Crippen LogP contribution in [0.5, 0.6) is 0 Å². The molecule has 0 aliphatic rings. The number of guanidine groups is 1. The molecule has 0 amide bonds. The number of hydrogen-bond acceptors (Lipinski definition) is 3. The number of aromatic nitrogens is 2. The van der Waals surface area contributed by atoms with Gasteiger partial charge in [-0.3, -0.25) is 4.68 Å². The molecule has 2 aromatic rings. The molecule has 2 heterocycles. The van der Waals surface area contributed by atoms with Crippen molar-refractivity contribution in [1.29, 1.82) is 0 Å². The maximum absolute atomic E-state index is 4.56. The number of aryl methyl sites for hydroxylation is 2. The van der Waals surface area contributed by atoms with Gasteiger partial charge in [0.2, 0.25) is 0 Å². The first-order valence-corrected chi connectivity index (χ1v) is 7.54. The topological polar surface area (TPSA) is 54.2 Å². The zero-order valence-corrected chi connectivity index (χ0v) is 13.0. The number of nitrogens with zero attached hydrogens (tertiary/aromatic N) is 3. The highest BCUT2D eigenvalue weighted by atomic mass is 32.1. The van der Waals surface area contributed by atoms with E-state index in [9.17, 15) is 0 Å². The van der Waals surface area contributed by atoms with Gasteiger partial charge in [0.1, 0.15) is 0 Å². The molecule has 0 aliphatic carbocycles. The van der Waals surface area contributed by atoms with E-state index in [1.54, 1.807) is 4.68 Å². The molecule has 20 heavy (non-hydrogen) atoms. The molecule has 0 saturated heterocycles. The Hall–Kier alpha value is -1.82. The molecule has 0 aromatic carbocycles. The SMILES string of the molecule is CCNC(=NCc1cnn(C)c1)NCc1ccc(C)s1. The fourth-order valence-electron chi connectivity index (χ4n) is 1.82. The molecule has 2 N–H and O–H groups in total. The van der Waals surface area contributed by atoms with Crippen molar-refractivity contribution in [3.8, 4) is 0 Å². The Morgan fingerprint density at radius 1 is 1.40 bits per heavy atom. The average Bonchev–Trinajstić information content (AvgIpc) is 3.02. The van der Waals surface area contributed by atoms with Crippen LogP contribution in [0.25, 0.3) is 0 Å². The van der Waals surface area contributed by atoms with Gasteiger partial charge in [-0.2, -0.15) is 5.10 Å². The molecular weight excluding hydrogens is 270 g/mol. The van der Waals surface area contributed by atoms with Gasteiger partial charge < -0.3 is 10.6 Å². The summed E-state index contributed by atoms with van der Waals surface area (Å²) in [7, 11) is 1.91. The van der Waals surface area contributed by atoms with E-state index in [0.717, 1.165) is 24.6 Å². The number of hydrogen-bond donors (Lipinski definition) is 2. The van der Waals surface area contributed by atoms with Crippen molar-refractivity contribution >= 4 is 17.3 Å². The minimum absolute atomic E-state index is 0.632. The molecule has 0 bridgehead atoms. The number of rotatable bonds is 5. The fourth-order valence-corrected chi connectivity index (χ4v) is 2.65. The van der Waals surface area contributed by atoms with Gasteiger partial charge in [-0.05, 0) is 26.0 Å². The van der Waals surface area contributed by atoms with Crippen LogP contribution in [0.4, 0.5) is 0 Å². The van der Waals surface area contributed by atoms with Crippen LogP contribution in [-0.4, -0.2) is 22.3 Å². The standard InChI is InChI=1S/C14H21N5S/c1-4-15-14(16-7-12-8-18-19(3)10-12)17-9-13-6-5-11(2)20-13/h5-6,8,10H,4,7,9H2,1-3H3,(H2,15,16,17). The van der Waals surface area contributed by atoms with E-state index in [1.807, 2.05) is 30.8 Å². The summed E-state index contributed by atoms with van der Waals surface area (Å²) in [6.45, 7) is 6.47. The summed E-state index contributed by atoms with van der Waals surface area (Å²) in [5.41, 5.74) is 1.11. The first-order valence-electron chi connectivity index (χ1n) is 6.72. The lowest BCUT2D eigenvalue weighted by molar-refractivity contribution is 0.766. The summed E-state index contributed by atoms with van der Waals surface area (Å²) < 4.78 is 1.79. The van der Waals surface area contributed by atoms with E-state index in [2.05, 4.69) is 46.7 Å². The molecule has 2 rings (SSSR count). The van der Waals surface area contributed by atoms with Crippen molar-refractivity contribution in [1.82, 2.24) is 20.4 Å². The first-order chi connectivity index (χ1) is 9.67. The Labute approximate surface area is 123 Å². The highest BCUT2D eigenvalue weighted by molar-refractivity contribution is 7.11. The molecule has 2 aromatic heterocycles. The van der Waals surface area contributed by atoms with E-state index in [4.69, 9.17) is 0 Å². The fraction of sp³-hybridized carbons (Fsp3) is 0.429. The lowest BCUT2D eigenvalue weighted by Crippen LogP contribution is -2.36. The quantitative estimate of drug-likeness (QED) is 0.655. The van der Waals surface area contributed by atoms with Crippen LogP contribution < -0.4 is 10.6 Å². The molecule has 0 fully saturated rings. The summed E-state index contributed by atoms with van der Waals surface area (Å²) in [4.78, 5) is 7.21. The summed E-state index contributed by atoms with van der Waals surface area (Å²) >= 11 is 1.81. The molecule has 0 unspecified atom stereocenters. The Balaban J connectivity index is 1.91. The van der Waals surface area contributed by atoms with Gasteiger partial charge in [0.25, 0.3) is 0 Å². The number of nitrogens with one attached hydrogen (secondary N) is 2. The number of aliphatic imine (C=N–C) groups is 1. The molecule has 0 radical (unpaired) electrons. The molecule has 0 aliphatic heterocycles. The second-order valence-electron chi connectivity index (χ2n) is 4.58. The first kappa shape index (κ1) is 14.6. The normalized spacial score (nSPS) is 11.7. The van der Waals surface area contributed by atoms with Crippen molar-refractivity contribution in [2.45, 2.75) is 26.9 Å². The van der Waals surface area contributed by atoms with Gasteiger partial charge in [0.05, 0.1) is 19.3 Å². The van der Waals surface area contributed by atoms with Gasteiger partial charge in [-0.25, -0.2) is 4.99 Å². The van der Waals surface area contributed by atoms with Crippen LogP contribution in [-0.2, 0) is 20.1 Å². The maximum Gasteiger partial charge on any atom is 0.191 e. The highest BCUT2D eigenvalue weighted by Gasteiger charge is 2.01. The van der Waals surface area contributed by atoms with Crippen molar-refractivity contribution in [2.24, 2.45) is 12.0 Å². The number of thiophene rings is 1. The molecule has 0 atom stereocenters. The summed E-state index contributed by atoms with van der Waals surface area (Å²) in [5.74, 6) is 0.836. The predicted molar refractivity (Wildman–Crippen MR) is 83.9 cm³/mol. The van der Waals surface area contributed by atoms with E-state index in [0.29, 0.717) is 6.54 Å². The van der Waals surface area contributed by atoms with E-state index >= 15 is 0 Å². The molecule has 0 spiro atoms. The van der Waals surface area contributed by atoms with Crippen LogP contribution in [0.1, 0.15) is 22.2 Å². The molecule has 0 saturated carbocycles. The predicted octanol–water partition coefficient (Wildman–Crippen LogP) is 2.05. The zero-order valence-electron chi connectivity index (χ0n) is 12.2. The maximum atomic E-state index is 4.56. The summed E-state index contributed by atoms with van der Waals surface area (Å²) in [6.07, 6.45) is 3.82. The van der Waals surface area contributed by atoms with Crippen molar-refractivity contribution in [3.63, 3.8) is 0 Å². The van der Waals surface area contributed by atoms with Crippen LogP contribution in [0.15, 0.2) is 29.5 Å². The Kier molecular flexibility index (Phi) is 5.17. The minimum atomic E-state index is 0.632. The highest BCUT2D eigenvalue weighted by Crippen LogP contribution is 2.14. The van der Waals surface area contributed by atoms with Gasteiger partial charge in [0.15, 0.2) is 5.96 Å².